The summed E-state index contributed by atoms with van der Waals surface area (Å²) in [5.41, 5.74) is 0. The molecule has 1 fully saturated rings. The molecular formula is C13H27NO. The molecule has 3 atom stereocenters. The standard InChI is InChI=1S/C13H27NO/c1-10(2)7-8-11(3)14-9-12-5-4-6-13(12)15/h10-15H,4-9H2,1-3H3. The summed E-state index contributed by atoms with van der Waals surface area (Å²) in [6.07, 6.45) is 5.91. The fourth-order valence-electron chi connectivity index (χ4n) is 2.29. The van der Waals surface area contributed by atoms with E-state index in [-0.39, 0.29) is 6.10 Å². The molecule has 1 aliphatic rings. The van der Waals surface area contributed by atoms with Crippen LogP contribution in [0.5, 0.6) is 0 Å². The van der Waals surface area contributed by atoms with Gasteiger partial charge in [0, 0.05) is 12.6 Å². The molecule has 2 heteroatoms. The highest BCUT2D eigenvalue weighted by Gasteiger charge is 2.24. The lowest BCUT2D eigenvalue weighted by molar-refractivity contribution is 0.130. The number of aliphatic hydroxyl groups is 1. The van der Waals surface area contributed by atoms with Gasteiger partial charge in [-0.05, 0) is 44.4 Å². The lowest BCUT2D eigenvalue weighted by atomic mass is 10.0. The summed E-state index contributed by atoms with van der Waals surface area (Å²) in [6, 6.07) is 0.597. The first kappa shape index (κ1) is 13.0. The number of aliphatic hydroxyl groups excluding tert-OH is 1. The molecule has 2 nitrogen and oxygen atoms in total. The summed E-state index contributed by atoms with van der Waals surface area (Å²) in [7, 11) is 0. The largest absolute Gasteiger partial charge is 0.393 e. The third kappa shape index (κ3) is 4.98. The summed E-state index contributed by atoms with van der Waals surface area (Å²) in [4.78, 5) is 0. The first-order chi connectivity index (χ1) is 7.09. The Bertz CT molecular complexity index is 170. The van der Waals surface area contributed by atoms with Gasteiger partial charge in [-0.25, -0.2) is 0 Å². The van der Waals surface area contributed by atoms with Crippen LogP contribution in [0.3, 0.4) is 0 Å². The third-order valence-corrected chi connectivity index (χ3v) is 3.52. The molecule has 0 aromatic heterocycles. The molecule has 1 aliphatic carbocycles. The van der Waals surface area contributed by atoms with Crippen molar-refractivity contribution in [3.05, 3.63) is 0 Å². The molecule has 0 saturated heterocycles. The van der Waals surface area contributed by atoms with Gasteiger partial charge in [-0.3, -0.25) is 0 Å². The van der Waals surface area contributed by atoms with E-state index in [1.807, 2.05) is 0 Å². The summed E-state index contributed by atoms with van der Waals surface area (Å²) in [5.74, 6) is 1.30. The highest BCUT2D eigenvalue weighted by molar-refractivity contribution is 4.79. The van der Waals surface area contributed by atoms with Gasteiger partial charge < -0.3 is 10.4 Å². The Morgan fingerprint density at radius 2 is 1.93 bits per heavy atom. The van der Waals surface area contributed by atoms with E-state index in [0.29, 0.717) is 12.0 Å². The molecule has 3 unspecified atom stereocenters. The molecule has 0 radical (unpaired) electrons. The average Bonchev–Trinajstić information content (AvgIpc) is 2.58. The first-order valence-corrected chi connectivity index (χ1v) is 6.51. The van der Waals surface area contributed by atoms with Crippen LogP contribution in [0.15, 0.2) is 0 Å². The summed E-state index contributed by atoms with van der Waals surface area (Å²) < 4.78 is 0. The lowest BCUT2D eigenvalue weighted by Crippen LogP contribution is -2.34. The zero-order valence-electron chi connectivity index (χ0n) is 10.5. The second-order valence-electron chi connectivity index (χ2n) is 5.54. The van der Waals surface area contributed by atoms with Gasteiger partial charge in [0.05, 0.1) is 6.10 Å². The summed E-state index contributed by atoms with van der Waals surface area (Å²) in [6.45, 7) is 7.80. The van der Waals surface area contributed by atoms with Crippen molar-refractivity contribution in [3.63, 3.8) is 0 Å². The third-order valence-electron chi connectivity index (χ3n) is 3.52. The molecule has 0 aromatic carbocycles. The number of hydrogen-bond acceptors (Lipinski definition) is 2. The highest BCUT2D eigenvalue weighted by Crippen LogP contribution is 2.24. The van der Waals surface area contributed by atoms with E-state index in [0.717, 1.165) is 18.9 Å². The first-order valence-electron chi connectivity index (χ1n) is 6.51. The van der Waals surface area contributed by atoms with E-state index in [2.05, 4.69) is 26.1 Å². The second kappa shape index (κ2) is 6.49. The Balaban J connectivity index is 2.08. The predicted octanol–water partition coefficient (Wildman–Crippen LogP) is 2.56. The Morgan fingerprint density at radius 1 is 1.20 bits per heavy atom. The van der Waals surface area contributed by atoms with Gasteiger partial charge in [-0.2, -0.15) is 0 Å². The Hall–Kier alpha value is -0.0800. The van der Waals surface area contributed by atoms with Crippen LogP contribution in [0.1, 0.15) is 52.9 Å². The van der Waals surface area contributed by atoms with Crippen LogP contribution in [-0.2, 0) is 0 Å². The maximum Gasteiger partial charge on any atom is 0.0580 e. The maximum absolute atomic E-state index is 9.68. The topological polar surface area (TPSA) is 32.3 Å². The smallest absolute Gasteiger partial charge is 0.0580 e. The molecule has 2 N–H and O–H groups in total. The number of hydrogen-bond donors (Lipinski definition) is 2. The van der Waals surface area contributed by atoms with Crippen molar-refractivity contribution in [2.45, 2.75) is 65.0 Å². The monoisotopic (exact) mass is 213 g/mol. The van der Waals surface area contributed by atoms with Crippen molar-refractivity contribution in [2.24, 2.45) is 11.8 Å². The molecule has 0 aliphatic heterocycles. The van der Waals surface area contributed by atoms with Gasteiger partial charge in [0.15, 0.2) is 0 Å². The lowest BCUT2D eigenvalue weighted by Gasteiger charge is -2.20. The molecule has 0 amide bonds. The Morgan fingerprint density at radius 3 is 2.47 bits per heavy atom. The molecule has 1 rings (SSSR count). The number of rotatable bonds is 6. The zero-order valence-corrected chi connectivity index (χ0v) is 10.5. The van der Waals surface area contributed by atoms with Crippen LogP contribution < -0.4 is 5.32 Å². The summed E-state index contributed by atoms with van der Waals surface area (Å²) >= 11 is 0. The maximum atomic E-state index is 9.68. The van der Waals surface area contributed by atoms with Gasteiger partial charge in [-0.15, -0.1) is 0 Å². The fourth-order valence-corrected chi connectivity index (χ4v) is 2.29. The van der Waals surface area contributed by atoms with Gasteiger partial charge >= 0.3 is 0 Å². The van der Waals surface area contributed by atoms with Gasteiger partial charge in [0.25, 0.3) is 0 Å². The molecule has 15 heavy (non-hydrogen) atoms. The van der Waals surface area contributed by atoms with Crippen molar-refractivity contribution < 1.29 is 5.11 Å². The number of nitrogens with one attached hydrogen (secondary N) is 1. The van der Waals surface area contributed by atoms with Crippen LogP contribution in [0, 0.1) is 11.8 Å². The second-order valence-corrected chi connectivity index (χ2v) is 5.54. The molecule has 90 valence electrons. The van der Waals surface area contributed by atoms with Crippen molar-refractivity contribution in [1.29, 1.82) is 0 Å². The summed E-state index contributed by atoms with van der Waals surface area (Å²) in [5, 5.41) is 13.2. The van der Waals surface area contributed by atoms with Crippen molar-refractivity contribution in [1.82, 2.24) is 5.32 Å². The van der Waals surface area contributed by atoms with Crippen molar-refractivity contribution in [3.8, 4) is 0 Å². The minimum absolute atomic E-state index is 0.0465. The Labute approximate surface area is 94.5 Å². The van der Waals surface area contributed by atoms with Gasteiger partial charge in [0.1, 0.15) is 0 Å². The van der Waals surface area contributed by atoms with Crippen molar-refractivity contribution in [2.75, 3.05) is 6.54 Å². The normalized spacial score (nSPS) is 28.6. The molecule has 1 saturated carbocycles. The molecule has 0 bridgehead atoms. The van der Waals surface area contributed by atoms with Crippen molar-refractivity contribution >= 4 is 0 Å². The highest BCUT2D eigenvalue weighted by atomic mass is 16.3. The van der Waals surface area contributed by atoms with E-state index in [4.69, 9.17) is 0 Å². The SMILES string of the molecule is CC(C)CCC(C)NCC1CCCC1O. The van der Waals surface area contributed by atoms with Crippen LogP contribution in [0.25, 0.3) is 0 Å². The van der Waals surface area contributed by atoms with E-state index < -0.39 is 0 Å². The fraction of sp³-hybridized carbons (Fsp3) is 1.00. The van der Waals surface area contributed by atoms with E-state index in [9.17, 15) is 5.11 Å². The van der Waals surface area contributed by atoms with Gasteiger partial charge in [-0.1, -0.05) is 20.3 Å². The van der Waals surface area contributed by atoms with Crippen LogP contribution in [0.2, 0.25) is 0 Å². The molecule has 0 heterocycles. The van der Waals surface area contributed by atoms with E-state index >= 15 is 0 Å². The van der Waals surface area contributed by atoms with Gasteiger partial charge in [0.2, 0.25) is 0 Å². The van der Waals surface area contributed by atoms with E-state index in [1.165, 1.54) is 25.7 Å². The molecule has 0 spiro atoms. The minimum atomic E-state index is -0.0465. The average molecular weight is 213 g/mol. The Kier molecular flexibility index (Phi) is 5.62. The van der Waals surface area contributed by atoms with E-state index in [1.54, 1.807) is 0 Å². The van der Waals surface area contributed by atoms with Crippen LogP contribution in [0.4, 0.5) is 0 Å². The quantitative estimate of drug-likeness (QED) is 0.711. The molecule has 0 aromatic rings. The van der Waals surface area contributed by atoms with Crippen LogP contribution in [-0.4, -0.2) is 23.8 Å². The minimum Gasteiger partial charge on any atom is -0.393 e. The molecular weight excluding hydrogens is 186 g/mol. The zero-order chi connectivity index (χ0) is 11.3. The van der Waals surface area contributed by atoms with Crippen LogP contribution >= 0.6 is 0 Å². The predicted molar refractivity (Wildman–Crippen MR) is 64.9 cm³/mol.